The molecule has 1 N–H and O–H groups in total. The molecule has 0 saturated heterocycles. The molecule has 11 heteroatoms. The van der Waals surface area contributed by atoms with E-state index in [1.165, 1.54) is 24.3 Å². The maximum Gasteiger partial charge on any atom is 0.373 e. The molecule has 148 valence electrons. The number of nitrogens with zero attached hydrogens (tertiary/aromatic N) is 5. The first-order valence-electron chi connectivity index (χ1n) is 8.55. The van der Waals surface area contributed by atoms with Crippen LogP contribution in [-0.2, 0) is 0 Å². The van der Waals surface area contributed by atoms with Crippen molar-refractivity contribution in [2.45, 2.75) is 0 Å². The number of hydrogen-bond acceptors (Lipinski definition) is 9. The topological polar surface area (TPSA) is 146 Å². The quantitative estimate of drug-likeness (QED) is 0.365. The first-order valence-corrected chi connectivity index (χ1v) is 8.55. The van der Waals surface area contributed by atoms with E-state index in [1.54, 1.807) is 24.4 Å². The molecule has 0 bridgehead atoms. The van der Waals surface area contributed by atoms with Gasteiger partial charge in [-0.15, -0.1) is 0 Å². The van der Waals surface area contributed by atoms with Gasteiger partial charge in [-0.3, -0.25) is 25.2 Å². The fourth-order valence-corrected chi connectivity index (χ4v) is 2.79. The Labute approximate surface area is 168 Å². The highest BCUT2D eigenvalue weighted by Crippen LogP contribution is 2.37. The van der Waals surface area contributed by atoms with E-state index in [9.17, 15) is 20.2 Å². The summed E-state index contributed by atoms with van der Waals surface area (Å²) in [6.45, 7) is 0. The molecule has 0 aliphatic heterocycles. The average Bonchev–Trinajstić information content (AvgIpc) is 2.74. The highest BCUT2D eigenvalue weighted by atomic mass is 16.6. The molecule has 4 rings (SSSR count). The molecule has 2 aromatic carbocycles. The monoisotopic (exact) mass is 404 g/mol. The smallest absolute Gasteiger partial charge is 0.373 e. The lowest BCUT2D eigenvalue weighted by Gasteiger charge is -2.10. The minimum Gasteiger partial charge on any atom is -0.431 e. The summed E-state index contributed by atoms with van der Waals surface area (Å²) in [5.41, 5.74) is 0.0804. The Balaban J connectivity index is 1.74. The molecule has 0 aliphatic rings. The predicted octanol–water partition coefficient (Wildman–Crippen LogP) is 4.38. The van der Waals surface area contributed by atoms with Crippen LogP contribution in [-0.4, -0.2) is 24.8 Å². The molecule has 0 radical (unpaired) electrons. The maximum absolute atomic E-state index is 11.7. The molecule has 0 fully saturated rings. The van der Waals surface area contributed by atoms with Gasteiger partial charge in [-0.25, -0.2) is 4.98 Å². The van der Waals surface area contributed by atoms with Gasteiger partial charge in [0.15, 0.2) is 5.75 Å². The van der Waals surface area contributed by atoms with Crippen molar-refractivity contribution < 1.29 is 14.6 Å². The summed E-state index contributed by atoms with van der Waals surface area (Å²) in [6.07, 6.45) is 2.68. The van der Waals surface area contributed by atoms with Crippen molar-refractivity contribution in [3.8, 4) is 11.6 Å². The van der Waals surface area contributed by atoms with Gasteiger partial charge in [-0.1, -0.05) is 24.3 Å². The van der Waals surface area contributed by atoms with E-state index in [1.807, 2.05) is 12.1 Å². The highest BCUT2D eigenvalue weighted by Gasteiger charge is 2.26. The van der Waals surface area contributed by atoms with Crippen LogP contribution >= 0.6 is 0 Å². The SMILES string of the molecule is O=[N+]([O-])c1cccc(Nc2ncnc(Oc3cccc4cccnc34)c2[N+](=O)[O-])c1. The first kappa shape index (κ1) is 18.7. The lowest BCUT2D eigenvalue weighted by atomic mass is 10.2. The molecule has 0 unspecified atom stereocenters. The van der Waals surface area contributed by atoms with Crippen LogP contribution in [0.2, 0.25) is 0 Å². The normalized spacial score (nSPS) is 10.5. The van der Waals surface area contributed by atoms with Crippen LogP contribution in [0.15, 0.2) is 67.1 Å². The van der Waals surface area contributed by atoms with E-state index in [0.29, 0.717) is 5.52 Å². The number of ether oxygens (including phenoxy) is 1. The summed E-state index contributed by atoms with van der Waals surface area (Å²) in [7, 11) is 0. The molecule has 0 atom stereocenters. The molecule has 0 amide bonds. The third-order valence-electron chi connectivity index (χ3n) is 4.09. The van der Waals surface area contributed by atoms with E-state index in [-0.39, 0.29) is 28.8 Å². The number of nitro benzene ring substituents is 1. The predicted molar refractivity (Wildman–Crippen MR) is 107 cm³/mol. The van der Waals surface area contributed by atoms with Gasteiger partial charge in [-0.05, 0) is 18.2 Å². The summed E-state index contributed by atoms with van der Waals surface area (Å²) in [5, 5.41) is 26.2. The van der Waals surface area contributed by atoms with Crippen molar-refractivity contribution in [3.05, 3.63) is 87.4 Å². The number of nitro groups is 2. The second-order valence-corrected chi connectivity index (χ2v) is 6.00. The number of hydrogen-bond donors (Lipinski definition) is 1. The molecule has 2 aromatic heterocycles. The number of fused-ring (bicyclic) bond motifs is 1. The Bertz CT molecular complexity index is 1270. The molecule has 4 aromatic rings. The van der Waals surface area contributed by atoms with Gasteiger partial charge in [0.1, 0.15) is 11.8 Å². The minimum atomic E-state index is -0.687. The van der Waals surface area contributed by atoms with Crippen LogP contribution < -0.4 is 10.1 Å². The zero-order valence-electron chi connectivity index (χ0n) is 15.1. The van der Waals surface area contributed by atoms with Crippen LogP contribution in [0.5, 0.6) is 11.6 Å². The third-order valence-corrected chi connectivity index (χ3v) is 4.09. The Morgan fingerprint density at radius 3 is 2.50 bits per heavy atom. The van der Waals surface area contributed by atoms with E-state index in [4.69, 9.17) is 4.74 Å². The summed E-state index contributed by atoms with van der Waals surface area (Å²) < 4.78 is 5.72. The van der Waals surface area contributed by atoms with Gasteiger partial charge in [0.05, 0.1) is 9.85 Å². The number of para-hydroxylation sites is 1. The highest BCUT2D eigenvalue weighted by molar-refractivity contribution is 5.84. The Morgan fingerprint density at radius 1 is 0.900 bits per heavy atom. The van der Waals surface area contributed by atoms with E-state index in [0.717, 1.165) is 11.7 Å². The number of non-ortho nitro benzene ring substituents is 1. The van der Waals surface area contributed by atoms with Gasteiger partial charge in [-0.2, -0.15) is 4.98 Å². The molecule has 30 heavy (non-hydrogen) atoms. The Hall–Kier alpha value is -4.67. The lowest BCUT2D eigenvalue weighted by molar-refractivity contribution is -0.385. The standard InChI is InChI=1S/C19H12N6O5/c26-24(27)14-7-2-6-13(10-14)23-18-17(25(28)29)19(22-11-21-18)30-15-8-1-4-12-5-3-9-20-16(12)15/h1-11H,(H,21,22,23). The number of aromatic nitrogens is 3. The summed E-state index contributed by atoms with van der Waals surface area (Å²) in [4.78, 5) is 33.5. The van der Waals surface area contributed by atoms with Crippen molar-refractivity contribution in [3.63, 3.8) is 0 Å². The molecule has 0 aliphatic carbocycles. The maximum atomic E-state index is 11.7. The van der Waals surface area contributed by atoms with Gasteiger partial charge in [0.2, 0.25) is 5.82 Å². The summed E-state index contributed by atoms with van der Waals surface area (Å²) in [5.74, 6) is -0.170. The second-order valence-electron chi connectivity index (χ2n) is 6.00. The molecule has 0 saturated carbocycles. The van der Waals surface area contributed by atoms with Crippen molar-refractivity contribution >= 4 is 33.8 Å². The second kappa shape index (κ2) is 7.75. The van der Waals surface area contributed by atoms with Crippen LogP contribution in [0.1, 0.15) is 0 Å². The fraction of sp³-hybridized carbons (Fsp3) is 0. The van der Waals surface area contributed by atoms with E-state index < -0.39 is 15.5 Å². The van der Waals surface area contributed by atoms with E-state index >= 15 is 0 Å². The van der Waals surface area contributed by atoms with Crippen molar-refractivity contribution in [2.24, 2.45) is 0 Å². The zero-order valence-corrected chi connectivity index (χ0v) is 15.1. The van der Waals surface area contributed by atoms with Crippen molar-refractivity contribution in [1.29, 1.82) is 0 Å². The number of pyridine rings is 1. The van der Waals surface area contributed by atoms with Gasteiger partial charge in [0, 0.05) is 29.4 Å². The molecule has 11 nitrogen and oxygen atoms in total. The van der Waals surface area contributed by atoms with Gasteiger partial charge >= 0.3 is 11.6 Å². The van der Waals surface area contributed by atoms with E-state index in [2.05, 4.69) is 20.3 Å². The Kier molecular flexibility index (Phi) is 4.83. The largest absolute Gasteiger partial charge is 0.431 e. The third kappa shape index (κ3) is 3.67. The van der Waals surface area contributed by atoms with Crippen LogP contribution in [0.3, 0.4) is 0 Å². The van der Waals surface area contributed by atoms with Gasteiger partial charge < -0.3 is 10.1 Å². The average molecular weight is 404 g/mol. The van der Waals surface area contributed by atoms with Gasteiger partial charge in [0.25, 0.3) is 5.69 Å². The van der Waals surface area contributed by atoms with Crippen LogP contribution in [0, 0.1) is 20.2 Å². The number of anilines is 2. The molecule has 0 spiro atoms. The Morgan fingerprint density at radius 2 is 1.70 bits per heavy atom. The zero-order chi connectivity index (χ0) is 21.1. The molecular formula is C19H12N6O5. The fourth-order valence-electron chi connectivity index (χ4n) is 2.79. The first-order chi connectivity index (χ1) is 14.5. The molecular weight excluding hydrogens is 392 g/mol. The van der Waals surface area contributed by atoms with Crippen LogP contribution in [0.25, 0.3) is 10.9 Å². The number of benzene rings is 2. The van der Waals surface area contributed by atoms with Crippen molar-refractivity contribution in [2.75, 3.05) is 5.32 Å². The minimum absolute atomic E-state index is 0.168. The lowest BCUT2D eigenvalue weighted by Crippen LogP contribution is -2.04. The number of rotatable bonds is 6. The summed E-state index contributed by atoms with van der Waals surface area (Å²) >= 11 is 0. The van der Waals surface area contributed by atoms with Crippen molar-refractivity contribution in [1.82, 2.24) is 15.0 Å². The molecule has 2 heterocycles. The summed E-state index contributed by atoms with van der Waals surface area (Å²) in [6, 6.07) is 14.3. The number of nitrogens with one attached hydrogen (secondary N) is 1. The van der Waals surface area contributed by atoms with Crippen LogP contribution in [0.4, 0.5) is 22.9 Å².